The summed E-state index contributed by atoms with van der Waals surface area (Å²) in [6, 6.07) is 9.67. The van der Waals surface area contributed by atoms with E-state index in [-0.39, 0.29) is 18.9 Å². The number of aliphatic carboxylic acids is 1. The van der Waals surface area contributed by atoms with Gasteiger partial charge in [0.15, 0.2) is 0 Å². The molecule has 8 nitrogen and oxygen atoms in total. The van der Waals surface area contributed by atoms with E-state index in [0.29, 0.717) is 18.8 Å². The molecule has 144 valence electrons. The minimum atomic E-state index is -0.883. The molecule has 8 heteroatoms. The smallest absolute Gasteiger partial charge is 0.305 e. The fraction of sp³-hybridized carbons (Fsp3) is 0.421. The Bertz CT molecular complexity index is 779. The molecule has 0 aliphatic carbocycles. The number of amides is 1. The minimum absolute atomic E-state index is 0.0145. The van der Waals surface area contributed by atoms with Crippen molar-refractivity contribution in [2.45, 2.75) is 19.5 Å². The number of nitrogens with zero attached hydrogens (tertiary/aromatic N) is 4. The Balaban J connectivity index is 1.49. The number of hydrogen-bond donors (Lipinski definition) is 1. The van der Waals surface area contributed by atoms with Gasteiger partial charge in [-0.05, 0) is 23.8 Å². The maximum absolute atomic E-state index is 12.6. The maximum Gasteiger partial charge on any atom is 0.305 e. The molecule has 1 saturated heterocycles. The molecule has 0 radical (unpaired) electrons. The van der Waals surface area contributed by atoms with E-state index in [2.05, 4.69) is 22.1 Å². The number of carboxylic acids is 1. The molecule has 1 aromatic heterocycles. The monoisotopic (exact) mass is 372 g/mol. The predicted octanol–water partition coefficient (Wildman–Crippen LogP) is 1.32. The van der Waals surface area contributed by atoms with Gasteiger partial charge in [0, 0.05) is 38.9 Å². The molecule has 1 amide bonds. The molecular weight excluding hydrogens is 348 g/mol. The van der Waals surface area contributed by atoms with Crippen LogP contribution in [0.25, 0.3) is 0 Å². The highest BCUT2D eigenvalue weighted by Crippen LogP contribution is 2.15. The molecule has 0 saturated carbocycles. The lowest BCUT2D eigenvalue weighted by molar-refractivity contribution is -0.137. The first kappa shape index (κ1) is 18.9. The Labute approximate surface area is 157 Å². The average Bonchev–Trinajstić information content (AvgIpc) is 3.16. The summed E-state index contributed by atoms with van der Waals surface area (Å²) in [6.45, 7) is 4.01. The highest BCUT2D eigenvalue weighted by atomic mass is 16.5. The van der Waals surface area contributed by atoms with Gasteiger partial charge in [0.25, 0.3) is 5.91 Å². The van der Waals surface area contributed by atoms with Gasteiger partial charge in [-0.25, -0.2) is 0 Å². The first-order chi connectivity index (χ1) is 13.0. The van der Waals surface area contributed by atoms with E-state index in [1.165, 1.54) is 10.2 Å². The second kappa shape index (κ2) is 8.68. The Morgan fingerprint density at radius 1 is 1.11 bits per heavy atom. The van der Waals surface area contributed by atoms with Gasteiger partial charge in [-0.15, -0.1) is 0 Å². The third kappa shape index (κ3) is 5.07. The number of aryl methyl sites for hydroxylation is 1. The molecule has 27 heavy (non-hydrogen) atoms. The number of hydrogen-bond acceptors (Lipinski definition) is 5. The number of rotatable bonds is 7. The van der Waals surface area contributed by atoms with Crippen molar-refractivity contribution in [3.8, 4) is 5.75 Å². The normalized spacial score (nSPS) is 14.9. The molecule has 1 fully saturated rings. The van der Waals surface area contributed by atoms with Crippen LogP contribution in [0.4, 0.5) is 0 Å². The number of ether oxygens (including phenoxy) is 1. The van der Waals surface area contributed by atoms with Gasteiger partial charge >= 0.3 is 5.97 Å². The minimum Gasteiger partial charge on any atom is -0.497 e. The molecule has 1 aromatic carbocycles. The summed E-state index contributed by atoms with van der Waals surface area (Å²) in [5.74, 6) is -0.142. The molecule has 2 heterocycles. The molecule has 3 rings (SSSR count). The number of methoxy groups -OCH3 is 1. The standard InChI is InChI=1S/C19H24N4O4/c1-27-16-4-2-15(3-5-16)14-21-10-12-22(13-11-21)19(26)17-6-8-23(20-17)9-7-18(24)25/h2-6,8H,7,9-14H2,1H3,(H,24,25). The summed E-state index contributed by atoms with van der Waals surface area (Å²) in [4.78, 5) is 27.3. The van der Waals surface area contributed by atoms with Crippen molar-refractivity contribution in [3.63, 3.8) is 0 Å². The SMILES string of the molecule is COc1ccc(CN2CCN(C(=O)c3ccn(CCC(=O)O)n3)CC2)cc1. The van der Waals surface area contributed by atoms with Crippen LogP contribution in [-0.4, -0.2) is 69.9 Å². The lowest BCUT2D eigenvalue weighted by atomic mass is 10.2. The van der Waals surface area contributed by atoms with Crippen LogP contribution in [0.2, 0.25) is 0 Å². The summed E-state index contributed by atoms with van der Waals surface area (Å²) >= 11 is 0. The Morgan fingerprint density at radius 2 is 1.81 bits per heavy atom. The number of carbonyl (C=O) groups excluding carboxylic acids is 1. The van der Waals surface area contributed by atoms with Crippen LogP contribution in [-0.2, 0) is 17.9 Å². The summed E-state index contributed by atoms with van der Waals surface area (Å²) in [7, 11) is 1.65. The van der Waals surface area contributed by atoms with Crippen molar-refractivity contribution in [1.82, 2.24) is 19.6 Å². The highest BCUT2D eigenvalue weighted by Gasteiger charge is 2.23. The van der Waals surface area contributed by atoms with E-state index in [1.807, 2.05) is 12.1 Å². The largest absolute Gasteiger partial charge is 0.497 e. The van der Waals surface area contributed by atoms with Crippen LogP contribution < -0.4 is 4.74 Å². The van der Waals surface area contributed by atoms with Gasteiger partial charge in [-0.3, -0.25) is 19.2 Å². The summed E-state index contributed by atoms with van der Waals surface area (Å²) in [5.41, 5.74) is 1.58. The average molecular weight is 372 g/mol. The van der Waals surface area contributed by atoms with Gasteiger partial charge in [-0.1, -0.05) is 12.1 Å². The number of benzene rings is 1. The topological polar surface area (TPSA) is 87.9 Å². The van der Waals surface area contributed by atoms with Gasteiger partial charge in [0.1, 0.15) is 11.4 Å². The van der Waals surface area contributed by atoms with Crippen molar-refractivity contribution in [1.29, 1.82) is 0 Å². The third-order valence-corrected chi connectivity index (χ3v) is 4.64. The fourth-order valence-electron chi connectivity index (χ4n) is 3.07. The molecule has 0 atom stereocenters. The van der Waals surface area contributed by atoms with E-state index in [1.54, 1.807) is 24.3 Å². The number of carboxylic acid groups (broad SMARTS) is 1. The van der Waals surface area contributed by atoms with E-state index < -0.39 is 5.97 Å². The van der Waals surface area contributed by atoms with Crippen molar-refractivity contribution >= 4 is 11.9 Å². The summed E-state index contributed by atoms with van der Waals surface area (Å²) < 4.78 is 6.68. The molecule has 0 bridgehead atoms. The Morgan fingerprint density at radius 3 is 2.44 bits per heavy atom. The lowest BCUT2D eigenvalue weighted by Gasteiger charge is -2.34. The van der Waals surface area contributed by atoms with Gasteiger partial charge in [0.2, 0.25) is 0 Å². The first-order valence-electron chi connectivity index (χ1n) is 8.95. The fourth-order valence-corrected chi connectivity index (χ4v) is 3.07. The quantitative estimate of drug-likeness (QED) is 0.789. The molecule has 1 aliphatic heterocycles. The molecule has 2 aromatic rings. The van der Waals surface area contributed by atoms with Crippen molar-refractivity contribution < 1.29 is 19.4 Å². The van der Waals surface area contributed by atoms with Crippen LogP contribution in [0.5, 0.6) is 5.75 Å². The van der Waals surface area contributed by atoms with E-state index in [0.717, 1.165) is 25.4 Å². The van der Waals surface area contributed by atoms with Crippen molar-refractivity contribution in [2.24, 2.45) is 0 Å². The maximum atomic E-state index is 12.6. The Hall–Kier alpha value is -2.87. The second-order valence-corrected chi connectivity index (χ2v) is 6.52. The Kier molecular flexibility index (Phi) is 6.08. The molecule has 0 unspecified atom stereocenters. The van der Waals surface area contributed by atoms with E-state index in [4.69, 9.17) is 9.84 Å². The predicted molar refractivity (Wildman–Crippen MR) is 98.7 cm³/mol. The van der Waals surface area contributed by atoms with E-state index >= 15 is 0 Å². The van der Waals surface area contributed by atoms with Crippen molar-refractivity contribution in [3.05, 3.63) is 47.8 Å². The number of piperazine rings is 1. The molecule has 0 spiro atoms. The summed E-state index contributed by atoms with van der Waals surface area (Å²) in [5, 5.41) is 12.9. The molecular formula is C19H24N4O4. The zero-order valence-electron chi connectivity index (χ0n) is 15.4. The lowest BCUT2D eigenvalue weighted by Crippen LogP contribution is -2.48. The van der Waals surface area contributed by atoms with Crippen LogP contribution in [0.15, 0.2) is 36.5 Å². The van der Waals surface area contributed by atoms with Crippen LogP contribution in [0.3, 0.4) is 0 Å². The van der Waals surface area contributed by atoms with E-state index in [9.17, 15) is 9.59 Å². The molecule has 1 N–H and O–H groups in total. The van der Waals surface area contributed by atoms with Crippen LogP contribution >= 0.6 is 0 Å². The van der Waals surface area contributed by atoms with Gasteiger partial charge in [0.05, 0.1) is 20.1 Å². The number of aromatic nitrogens is 2. The third-order valence-electron chi connectivity index (χ3n) is 4.64. The van der Waals surface area contributed by atoms with Gasteiger partial charge < -0.3 is 14.7 Å². The second-order valence-electron chi connectivity index (χ2n) is 6.52. The first-order valence-corrected chi connectivity index (χ1v) is 8.95. The van der Waals surface area contributed by atoms with Gasteiger partial charge in [-0.2, -0.15) is 5.10 Å². The highest BCUT2D eigenvalue weighted by molar-refractivity contribution is 5.92. The zero-order valence-corrected chi connectivity index (χ0v) is 15.4. The van der Waals surface area contributed by atoms with Crippen LogP contribution in [0, 0.1) is 0 Å². The molecule has 1 aliphatic rings. The summed E-state index contributed by atoms with van der Waals surface area (Å²) in [6.07, 6.45) is 1.63. The van der Waals surface area contributed by atoms with Crippen LogP contribution in [0.1, 0.15) is 22.5 Å². The number of carbonyl (C=O) groups is 2. The zero-order chi connectivity index (χ0) is 19.2. The van der Waals surface area contributed by atoms with Crippen molar-refractivity contribution in [2.75, 3.05) is 33.3 Å².